The van der Waals surface area contributed by atoms with Gasteiger partial charge in [0.05, 0.1) is 17.1 Å². The van der Waals surface area contributed by atoms with Crippen molar-refractivity contribution in [2.75, 3.05) is 13.1 Å². The van der Waals surface area contributed by atoms with E-state index in [1.807, 2.05) is 31.7 Å². The van der Waals surface area contributed by atoms with Gasteiger partial charge in [-0.05, 0) is 111 Å². The third-order valence-electron chi connectivity index (χ3n) is 15.6. The van der Waals surface area contributed by atoms with E-state index in [9.17, 15) is 29.2 Å². The highest BCUT2D eigenvalue weighted by atomic mass is 35.5. The Morgan fingerprint density at radius 3 is 2.30 bits per heavy atom. The van der Waals surface area contributed by atoms with Gasteiger partial charge in [-0.25, -0.2) is 8.78 Å². The molecule has 3 aliphatic carbocycles. The Bertz CT molecular complexity index is 2650. The fourth-order valence-electron chi connectivity index (χ4n) is 12.0. The number of likely N-dealkylation sites (tertiary alicyclic amines) is 1. The van der Waals surface area contributed by atoms with Crippen molar-refractivity contribution >= 4 is 52.7 Å². The standard InChI is InChI=1S/C52H54Cl2F2N6O5/c1-49(2,3)27-40-52(29-57,36-13-12-32(53)26-38(36)55)42(34-8-5-9-37(54)43(34)56)44(58-40)46(65)60-51-21-18-50(19-22-51,20-23-51)48(67)61-24-16-30(17-25-61)10-11-31-6-4-7-33-35(31)28-62(47(33)66)39-14-15-41(63)59-45(39)64/h4-9,12-13,26,30,39-40,42,44,58H,14-25,27-28H2,1-3H3,(H,60,65)(H,59,63,64)/t39?,40-,42-,44+,50?,51?,52-/m0/s1. The molecule has 350 valence electrons. The van der Waals surface area contributed by atoms with Crippen LogP contribution in [0.1, 0.15) is 130 Å². The Morgan fingerprint density at radius 2 is 1.64 bits per heavy atom. The Balaban J connectivity index is 0.874. The fourth-order valence-corrected chi connectivity index (χ4v) is 12.4. The van der Waals surface area contributed by atoms with Crippen molar-refractivity contribution in [3.05, 3.63) is 104 Å². The van der Waals surface area contributed by atoms with E-state index in [2.05, 4.69) is 33.9 Å². The normalized spacial score (nSPS) is 29.5. The molecule has 3 N–H and O–H groups in total. The number of amides is 5. The zero-order valence-corrected chi connectivity index (χ0v) is 39.4. The van der Waals surface area contributed by atoms with Crippen LogP contribution in [0.2, 0.25) is 10.0 Å². The maximum atomic E-state index is 16.3. The monoisotopic (exact) mass is 950 g/mol. The molecule has 4 heterocycles. The summed E-state index contributed by atoms with van der Waals surface area (Å²) >= 11 is 12.6. The molecule has 5 atom stereocenters. The van der Waals surface area contributed by atoms with Crippen molar-refractivity contribution in [3.8, 4) is 17.9 Å². The Morgan fingerprint density at radius 1 is 0.940 bits per heavy atom. The quantitative estimate of drug-likeness (QED) is 0.161. The summed E-state index contributed by atoms with van der Waals surface area (Å²) in [6.45, 7) is 7.36. The van der Waals surface area contributed by atoms with E-state index in [0.29, 0.717) is 76.4 Å². The van der Waals surface area contributed by atoms with Crippen molar-refractivity contribution < 1.29 is 32.8 Å². The topological polar surface area (TPSA) is 152 Å². The Kier molecular flexibility index (Phi) is 12.3. The number of hydrogen-bond donors (Lipinski definition) is 3. The second-order valence-electron chi connectivity index (χ2n) is 20.8. The van der Waals surface area contributed by atoms with Gasteiger partial charge in [-0.1, -0.05) is 80.1 Å². The van der Waals surface area contributed by atoms with Gasteiger partial charge < -0.3 is 20.4 Å². The molecule has 3 aromatic carbocycles. The first-order chi connectivity index (χ1) is 31.9. The first kappa shape index (κ1) is 46.8. The minimum Gasteiger partial charge on any atom is -0.349 e. The van der Waals surface area contributed by atoms with Crippen molar-refractivity contribution in [2.24, 2.45) is 16.7 Å². The molecule has 3 aromatic rings. The smallest absolute Gasteiger partial charge is 0.255 e. The van der Waals surface area contributed by atoms with Gasteiger partial charge >= 0.3 is 0 Å². The van der Waals surface area contributed by atoms with E-state index in [1.165, 1.54) is 29.2 Å². The number of hydrogen-bond acceptors (Lipinski definition) is 7. The predicted molar refractivity (Wildman–Crippen MR) is 247 cm³/mol. The van der Waals surface area contributed by atoms with Crippen LogP contribution in [-0.4, -0.2) is 76.1 Å². The number of imide groups is 1. The first-order valence-electron chi connectivity index (χ1n) is 23.3. The zero-order valence-electron chi connectivity index (χ0n) is 37.9. The highest BCUT2D eigenvalue weighted by molar-refractivity contribution is 6.31. The maximum absolute atomic E-state index is 16.3. The number of nitrogens with one attached hydrogen (secondary N) is 3. The third-order valence-corrected chi connectivity index (χ3v) is 16.1. The molecule has 0 spiro atoms. The minimum atomic E-state index is -1.74. The van der Waals surface area contributed by atoms with Gasteiger partial charge in [0.25, 0.3) is 5.91 Å². The number of fused-ring (bicyclic) bond motifs is 4. The summed E-state index contributed by atoms with van der Waals surface area (Å²) in [5.41, 5.74) is -1.20. The molecular weight excluding hydrogens is 898 g/mol. The highest BCUT2D eigenvalue weighted by Gasteiger charge is 2.62. The van der Waals surface area contributed by atoms with Crippen molar-refractivity contribution in [3.63, 3.8) is 0 Å². The summed E-state index contributed by atoms with van der Waals surface area (Å²) < 4.78 is 32.4. The van der Waals surface area contributed by atoms with Gasteiger partial charge in [-0.2, -0.15) is 5.26 Å². The second kappa shape index (κ2) is 17.6. The molecule has 0 aromatic heterocycles. The van der Waals surface area contributed by atoms with Crippen LogP contribution in [0.4, 0.5) is 8.78 Å². The number of nitrogens with zero attached hydrogens (tertiary/aromatic N) is 3. The van der Waals surface area contributed by atoms with Crippen LogP contribution in [0.15, 0.2) is 54.6 Å². The van der Waals surface area contributed by atoms with Crippen LogP contribution in [-0.2, 0) is 31.1 Å². The van der Waals surface area contributed by atoms with Crippen molar-refractivity contribution in [1.29, 1.82) is 5.26 Å². The van der Waals surface area contributed by atoms with Gasteiger partial charge in [-0.15, -0.1) is 0 Å². The van der Waals surface area contributed by atoms with Gasteiger partial charge in [0.15, 0.2) is 0 Å². The minimum absolute atomic E-state index is 0.0193. The lowest BCUT2D eigenvalue weighted by molar-refractivity contribution is -0.151. The van der Waals surface area contributed by atoms with Gasteiger partial charge in [-0.3, -0.25) is 29.3 Å². The highest BCUT2D eigenvalue weighted by Crippen LogP contribution is 2.56. The Labute approximate surface area is 399 Å². The molecule has 1 unspecified atom stereocenters. The summed E-state index contributed by atoms with van der Waals surface area (Å²) in [4.78, 5) is 70.4. The van der Waals surface area contributed by atoms with Gasteiger partial charge in [0, 0.05) is 76.6 Å². The predicted octanol–water partition coefficient (Wildman–Crippen LogP) is 7.85. The molecule has 3 saturated carbocycles. The zero-order chi connectivity index (χ0) is 47.6. The number of carbonyl (C=O) groups is 5. The number of piperidine rings is 2. The molecule has 10 rings (SSSR count). The molecule has 4 aliphatic heterocycles. The van der Waals surface area contributed by atoms with Crippen molar-refractivity contribution in [1.82, 2.24) is 25.8 Å². The third kappa shape index (κ3) is 8.40. The number of benzene rings is 3. The Hall–Kier alpha value is -5.34. The molecule has 0 radical (unpaired) electrons. The summed E-state index contributed by atoms with van der Waals surface area (Å²) in [6, 6.07) is 13.8. The molecule has 11 nitrogen and oxygen atoms in total. The van der Waals surface area contributed by atoms with E-state index in [1.54, 1.807) is 18.2 Å². The fraction of sp³-hybridized carbons (Fsp3) is 0.500. The van der Waals surface area contributed by atoms with E-state index >= 15 is 8.78 Å². The van der Waals surface area contributed by atoms with Crippen LogP contribution in [0, 0.1) is 51.6 Å². The molecule has 5 amide bonds. The maximum Gasteiger partial charge on any atom is 0.255 e. The second-order valence-corrected chi connectivity index (χ2v) is 21.6. The van der Waals surface area contributed by atoms with E-state index in [0.717, 1.165) is 17.2 Å². The lowest BCUT2D eigenvalue weighted by Gasteiger charge is -2.54. The molecule has 67 heavy (non-hydrogen) atoms. The SMILES string of the molecule is CC(C)(C)C[C@@H]1N[C@@H](C(=O)NC23CCC(C(=O)N4CCC(C#Cc5cccc6c5CN(C5CCC(=O)NC5=O)C6=O)CC4)(CC2)CC3)[C@H](c2cccc(Cl)c2F)[C@@]1(C#N)c1ccc(Cl)cc1F. The average molecular weight is 952 g/mol. The van der Waals surface area contributed by atoms with E-state index < -0.39 is 63.9 Å². The largest absolute Gasteiger partial charge is 0.349 e. The summed E-state index contributed by atoms with van der Waals surface area (Å²) in [7, 11) is 0. The molecule has 3 saturated heterocycles. The number of halogens is 4. The van der Waals surface area contributed by atoms with Crippen LogP contribution < -0.4 is 16.0 Å². The summed E-state index contributed by atoms with van der Waals surface area (Å²) in [5.74, 6) is 2.77. The van der Waals surface area contributed by atoms with Crippen LogP contribution in [0.3, 0.4) is 0 Å². The van der Waals surface area contributed by atoms with E-state index in [4.69, 9.17) is 23.2 Å². The first-order valence-corrected chi connectivity index (χ1v) is 24.1. The van der Waals surface area contributed by atoms with Gasteiger partial charge in [0.2, 0.25) is 23.6 Å². The van der Waals surface area contributed by atoms with Crippen LogP contribution >= 0.6 is 23.2 Å². The molecule has 15 heteroatoms. The molecule has 7 aliphatic rings. The number of nitriles is 1. The van der Waals surface area contributed by atoms with Gasteiger partial charge in [0.1, 0.15) is 23.1 Å². The molecular formula is C52H54Cl2F2N6O5. The van der Waals surface area contributed by atoms with Crippen LogP contribution in [0.25, 0.3) is 0 Å². The molecule has 2 bridgehead atoms. The number of rotatable bonds is 7. The average Bonchev–Trinajstić information content (AvgIpc) is 3.80. The van der Waals surface area contributed by atoms with Crippen molar-refractivity contribution in [2.45, 2.75) is 133 Å². The summed E-state index contributed by atoms with van der Waals surface area (Å²) in [6.07, 6.45) is 5.72. The summed E-state index contributed by atoms with van der Waals surface area (Å²) in [5, 5.41) is 20.4. The molecule has 6 fully saturated rings. The number of carbonyl (C=O) groups excluding carboxylic acids is 5. The lowest BCUT2D eigenvalue weighted by Crippen LogP contribution is -2.62. The van der Waals surface area contributed by atoms with E-state index in [-0.39, 0.29) is 69.6 Å². The van der Waals surface area contributed by atoms with Crippen LogP contribution in [0.5, 0.6) is 0 Å². The lowest BCUT2D eigenvalue weighted by atomic mass is 9.56.